The first-order valence-electron chi connectivity index (χ1n) is 33.3. The number of urea groups is 1. The SMILES string of the molecule is CO[C@H]1O[C@H](COS(=O)(=O)[O-])[C@@H](O[C@H]2O[C@H](C(=O)[O-])[C@@H](O[C@H]3O[C@H](COS(=O)(=O)[O-])[C@@H](O[C@@H]4O[C@H](C(=O)[O-])[C@@H](O[C@@H]5O[C@H](COS(=O)(=O)[O-])[C@@H](OC)[C@H](OC)[C@H]5NC(=O)CCCCCNC(=O)CCCCC5SCC6NC(=O)NC65)[C@H](OC)[C@H]4OC)[C@H](OS(=O)(=O)[O-])[C@H]3OS(=O)(=O)[O-])[C@H](OC)[C@H]2OC)[C@H](OC)[C@H]1OS(=O)(=O)[O-].[Na+].[Na+].[Na+].[Na+].[Na+].[Na+].[Na+].[Na+]. The monoisotopic (exact) mass is 1960 g/mol. The summed E-state index contributed by atoms with van der Waals surface area (Å²) in [7, 11) is -29.1. The molecule has 7 aliphatic heterocycles. The van der Waals surface area contributed by atoms with Crippen molar-refractivity contribution in [1.29, 1.82) is 0 Å². The van der Waals surface area contributed by atoms with Gasteiger partial charge in [0, 0.05) is 87.3 Å². The van der Waals surface area contributed by atoms with Gasteiger partial charge in [0.15, 0.2) is 43.7 Å². The predicted octanol–water partition coefficient (Wildman–Crippen LogP) is -34.7. The number of rotatable bonds is 45. The van der Waals surface area contributed by atoms with Crippen molar-refractivity contribution in [2.24, 2.45) is 0 Å². The summed E-state index contributed by atoms with van der Waals surface area (Å²) in [5.41, 5.74) is 0. The van der Waals surface area contributed by atoms with Crippen LogP contribution in [-0.2, 0) is 187 Å². The molecule has 0 aliphatic carbocycles. The Kier molecular flexibility index (Phi) is 60.8. The third kappa shape index (κ3) is 38.9. The Morgan fingerprint density at radius 3 is 1.18 bits per heavy atom. The van der Waals surface area contributed by atoms with Gasteiger partial charge in [-0.15, -0.1) is 0 Å². The number of amides is 4. The topological polar surface area (TPSA) is 735 Å². The molecular formula is C54H82N4Na8O48S7. The zero-order valence-electron chi connectivity index (χ0n) is 68.3. The Morgan fingerprint density at radius 2 is 0.760 bits per heavy atom. The smallest absolute Gasteiger partial charge is 0.726 e. The molecule has 52 nitrogen and oxygen atoms in total. The molecule has 0 aromatic carbocycles. The molecule has 121 heavy (non-hydrogen) atoms. The molecule has 0 aromatic heterocycles. The van der Waals surface area contributed by atoms with Crippen molar-refractivity contribution in [2.45, 2.75) is 222 Å². The van der Waals surface area contributed by atoms with E-state index in [2.05, 4.69) is 46.4 Å². The number of ether oxygens (including phenoxy) is 17. The van der Waals surface area contributed by atoms with E-state index in [4.69, 9.17) is 80.5 Å². The van der Waals surface area contributed by atoms with E-state index >= 15 is 0 Å². The van der Waals surface area contributed by atoms with Crippen LogP contribution in [0, 0.1) is 0 Å². The number of carbonyl (C=O) groups excluding carboxylic acids is 5. The normalized spacial score (nSPS) is 33.7. The molecule has 0 aromatic rings. The maximum absolute atomic E-state index is 13.9. The van der Waals surface area contributed by atoms with Crippen molar-refractivity contribution in [3.8, 4) is 0 Å². The zero-order valence-corrected chi connectivity index (χ0v) is 90.0. The summed E-state index contributed by atoms with van der Waals surface area (Å²) >= 11 is 1.74. The van der Waals surface area contributed by atoms with Gasteiger partial charge in [0.1, 0.15) is 110 Å². The number of fused-ring (bicyclic) bond motifs is 1. The number of methoxy groups -OCH3 is 8. The van der Waals surface area contributed by atoms with Crippen molar-refractivity contribution in [1.82, 2.24) is 21.3 Å². The Bertz CT molecular complexity index is 3920. The molecule has 7 aliphatic rings. The van der Waals surface area contributed by atoms with E-state index < -0.39 is 254 Å². The number of carbonyl (C=O) groups is 5. The summed E-state index contributed by atoms with van der Waals surface area (Å²) in [5.74, 6) is -5.01. The first kappa shape index (κ1) is 127. The van der Waals surface area contributed by atoms with Gasteiger partial charge in [-0.25, -0.2) is 55.3 Å². The second-order valence-electron chi connectivity index (χ2n) is 25.3. The summed E-state index contributed by atoms with van der Waals surface area (Å²) in [6, 6.07) is -1.84. The average Bonchev–Trinajstić information content (AvgIpc) is 1.01. The molecule has 0 saturated carbocycles. The molecule has 28 atom stereocenters. The molecule has 4 amide bonds. The zero-order chi connectivity index (χ0) is 84.0. The number of aliphatic carboxylic acids is 2. The van der Waals surface area contributed by atoms with E-state index in [0.29, 0.717) is 19.3 Å². The second kappa shape index (κ2) is 57.9. The number of carboxylic acids is 2. The van der Waals surface area contributed by atoms with Gasteiger partial charge in [-0.3, -0.25) is 34.7 Å². The Balaban J connectivity index is 0. The van der Waals surface area contributed by atoms with Gasteiger partial charge in [-0.1, -0.05) is 12.8 Å². The minimum atomic E-state index is -6.52. The Hall–Kier alpha value is 4.04. The fourth-order valence-corrected chi connectivity index (χ4v) is 17.5. The number of nitrogens with one attached hydrogen (secondary N) is 4. The number of carboxylic acid groups (broad SMARTS) is 2. The van der Waals surface area contributed by atoms with Crippen LogP contribution >= 0.6 is 11.8 Å². The largest absolute Gasteiger partial charge is 1.00 e. The van der Waals surface area contributed by atoms with Crippen molar-refractivity contribution in [2.75, 3.05) is 89.0 Å². The Morgan fingerprint density at radius 1 is 0.397 bits per heavy atom. The van der Waals surface area contributed by atoms with Gasteiger partial charge in [-0.05, 0) is 25.7 Å². The maximum Gasteiger partial charge on any atom is 1.00 e. The number of hydrogen-bond donors (Lipinski definition) is 4. The van der Waals surface area contributed by atoms with E-state index in [9.17, 15) is 112 Å². The van der Waals surface area contributed by atoms with Crippen molar-refractivity contribution < 1.29 is 454 Å². The van der Waals surface area contributed by atoms with E-state index in [-0.39, 0.29) is 292 Å². The molecule has 3 unspecified atom stereocenters. The van der Waals surface area contributed by atoms with Crippen molar-refractivity contribution in [3.05, 3.63) is 0 Å². The summed E-state index contributed by atoms with van der Waals surface area (Å²) in [4.78, 5) is 65.1. The van der Waals surface area contributed by atoms with Crippen LogP contribution in [0.5, 0.6) is 0 Å². The van der Waals surface area contributed by atoms with Crippen LogP contribution in [-0.4, -0.2) is 367 Å². The summed E-state index contributed by atoms with van der Waals surface area (Å²) in [6.45, 7) is -4.23. The molecule has 0 radical (unpaired) electrons. The van der Waals surface area contributed by atoms with Gasteiger partial charge in [0.05, 0.1) is 43.8 Å². The molecule has 7 heterocycles. The van der Waals surface area contributed by atoms with Crippen LogP contribution in [0.25, 0.3) is 0 Å². The molecule has 7 fully saturated rings. The Labute approximate surface area is 878 Å². The third-order valence-electron chi connectivity index (χ3n) is 18.2. The number of thioether (sulfide) groups is 1. The molecule has 4 N–H and O–H groups in total. The summed E-state index contributed by atoms with van der Waals surface area (Å²) in [6.07, 6.45) is -54.3. The van der Waals surface area contributed by atoms with Gasteiger partial charge in [0.25, 0.3) is 0 Å². The third-order valence-corrected chi connectivity index (χ3v) is 22.4. The fraction of sp³-hybridized carbons (Fsp3) is 0.907. The van der Waals surface area contributed by atoms with E-state index in [1.165, 1.54) is 0 Å². The van der Waals surface area contributed by atoms with Gasteiger partial charge < -0.3 is 149 Å². The molecule has 67 heteroatoms. The van der Waals surface area contributed by atoms with Crippen LogP contribution in [0.3, 0.4) is 0 Å². The molecule has 0 bridgehead atoms. The average molecular weight is 1960 g/mol. The standard InChI is InChI=1S/C54H90N4O48S7.8Na/c1-84-31-23(18-92-108(66,67)68)95-49(30(34(31)85-2)57-28(60)16-10-9-13-17-55-27(59)15-12-11-14-26-29-22(21-107-26)56-54(65)58-29)100-38-36(87-4)43(89-6)52(102-41(38)47(61)62)99-33-25(20-94-110(72,73)74)97-53(46(106-113(81,82)83)40(33)104-111(75,76)77)101-39-37(88-5)44(90-7)51(103-42(39)48(63)64)98-32-24(19-93-109(69,70)71)96-50(91-8)45(35(32)86-3)105-112(78,79)80;;;;;;;;/h22-26,29-46,49-53H,9-21H2,1-8H3,(H,55,59)(H,57,60)(H,61,62)(H,63,64)(H2,56,58,65)(H,66,67,68)(H,69,70,71)(H,72,73,74)(H,75,76,77)(H,78,79,80)(H,81,82,83);;;;;;;;/q;8*+1/p-8/t22?,23-,24-,25-,26?,29?,30-,31-,32-,33-,34-,35+,36+,37+,38+,39+,40+,41+,42+,43-,44-,45-,46-,49+,50+,51+,52-,53-;;;;;;;;/m1......../s1. The van der Waals surface area contributed by atoms with Crippen LogP contribution < -0.4 is 268 Å². The molecule has 0 spiro atoms. The van der Waals surface area contributed by atoms with Crippen molar-refractivity contribution in [3.63, 3.8) is 0 Å². The minimum absolute atomic E-state index is 0. The van der Waals surface area contributed by atoms with E-state index in [1.54, 1.807) is 11.8 Å². The summed E-state index contributed by atoms with van der Waals surface area (Å²) in [5, 5.41) is 38.2. The maximum atomic E-state index is 13.9. The molecular weight excluding hydrogens is 1880 g/mol. The van der Waals surface area contributed by atoms with Crippen LogP contribution in [0.2, 0.25) is 0 Å². The fourth-order valence-electron chi connectivity index (χ4n) is 13.6. The van der Waals surface area contributed by atoms with Crippen molar-refractivity contribution >= 4 is 104 Å². The van der Waals surface area contributed by atoms with Gasteiger partial charge in [-0.2, -0.15) is 11.8 Å². The first-order valence-corrected chi connectivity index (χ1v) is 42.3. The first-order chi connectivity index (χ1) is 52.8. The van der Waals surface area contributed by atoms with E-state index in [0.717, 1.165) is 75.5 Å². The molecule has 7 rings (SSSR count). The number of unbranched alkanes of at least 4 members (excludes halogenated alkanes) is 3. The summed E-state index contributed by atoms with van der Waals surface area (Å²) < 4.78 is 343. The number of hydrogen-bond acceptors (Lipinski definition) is 49. The quantitative estimate of drug-likeness (QED) is 0.0145. The van der Waals surface area contributed by atoms with Crippen LogP contribution in [0.1, 0.15) is 51.4 Å². The van der Waals surface area contributed by atoms with Gasteiger partial charge in [0.2, 0.25) is 74.2 Å². The molecule has 7 saturated heterocycles. The van der Waals surface area contributed by atoms with Crippen LogP contribution in [0.4, 0.5) is 4.79 Å². The van der Waals surface area contributed by atoms with Crippen LogP contribution in [0.15, 0.2) is 0 Å². The molecule has 656 valence electrons. The second-order valence-corrected chi connectivity index (χ2v) is 32.7. The minimum Gasteiger partial charge on any atom is -0.726 e. The predicted molar refractivity (Wildman–Crippen MR) is 343 cm³/mol. The van der Waals surface area contributed by atoms with Gasteiger partial charge >= 0.3 is 242 Å². The van der Waals surface area contributed by atoms with E-state index in [1.807, 2.05) is 0 Å².